The van der Waals surface area contributed by atoms with Crippen LogP contribution in [0.5, 0.6) is 0 Å². The van der Waals surface area contributed by atoms with E-state index in [0.29, 0.717) is 61.2 Å². The number of hydrogen-bond acceptors (Lipinski definition) is 0. The molecule has 0 atom stereocenters. The Balaban J connectivity index is 0.000000153. The monoisotopic (exact) mass is 1680 g/mol. The van der Waals surface area contributed by atoms with Crippen molar-refractivity contribution in [1.82, 2.24) is 0 Å². The first kappa shape index (κ1) is 94.5. The molecule has 0 heterocycles. The van der Waals surface area contributed by atoms with Crippen LogP contribution in [0.25, 0.3) is 111 Å². The Labute approximate surface area is 746 Å². The summed E-state index contributed by atoms with van der Waals surface area (Å²) in [6.45, 7) is 21.4. The molecule has 0 spiro atoms. The van der Waals surface area contributed by atoms with Gasteiger partial charge in [0.25, 0.3) is 0 Å². The summed E-state index contributed by atoms with van der Waals surface area (Å²) in [6.07, 6.45) is 20.7. The van der Waals surface area contributed by atoms with Crippen LogP contribution in [-0.2, 0) is 64.2 Å². The van der Waals surface area contributed by atoms with Crippen molar-refractivity contribution >= 4 is 0 Å². The summed E-state index contributed by atoms with van der Waals surface area (Å²) < 4.78 is 103. The SMILES string of the molecule is CCCCCc1ccc(-c2ccc(-c3ccc(CC)cc3)cc2F)cc1.CCCCc1ccc(-c2ccc(-c3ccc(CC)cc3)c(F)c2F)cc1.CCCCc1ccc(-c2ccc(-c3ccc(CC)cc3)cc2F)cc1.CCCc1ccc(-c2ccc(-c3ccc(CC)cc3)c(F)c2F)cc1.CCCc1ccc(-c2ccc(-c3ccc(CC)cc3)cc2F)cc1. The lowest BCUT2D eigenvalue weighted by Gasteiger charge is -2.10. The van der Waals surface area contributed by atoms with E-state index in [9.17, 15) is 30.7 Å². The van der Waals surface area contributed by atoms with Crippen molar-refractivity contribution in [2.24, 2.45) is 0 Å². The molecule has 126 heavy (non-hydrogen) atoms. The van der Waals surface area contributed by atoms with Crippen molar-refractivity contribution in [3.8, 4) is 111 Å². The molecule has 0 saturated heterocycles. The first-order valence-electron chi connectivity index (χ1n) is 45.7. The van der Waals surface area contributed by atoms with E-state index in [1.54, 1.807) is 42.5 Å². The second-order valence-corrected chi connectivity index (χ2v) is 32.6. The third-order valence-electron chi connectivity index (χ3n) is 23.6. The molecule has 0 aromatic heterocycles. The van der Waals surface area contributed by atoms with Crippen molar-refractivity contribution in [2.45, 2.75) is 191 Å². The van der Waals surface area contributed by atoms with Gasteiger partial charge in [0.1, 0.15) is 17.5 Å². The molecular weight excluding hydrogens is 1560 g/mol. The van der Waals surface area contributed by atoms with Gasteiger partial charge in [-0.2, -0.15) is 0 Å². The van der Waals surface area contributed by atoms with Gasteiger partial charge in [0.2, 0.25) is 0 Å². The summed E-state index contributed by atoms with van der Waals surface area (Å²) in [4.78, 5) is 0. The fraction of sp³-hybridized carbons (Fsp3) is 0.244. The van der Waals surface area contributed by atoms with Gasteiger partial charge < -0.3 is 0 Å². The number of hydrogen-bond donors (Lipinski definition) is 0. The summed E-state index contributed by atoms with van der Waals surface area (Å²) in [6, 6.07) is 104. The van der Waals surface area contributed by atoms with Crippen molar-refractivity contribution in [3.05, 3.63) is 418 Å². The Morgan fingerprint density at radius 1 is 0.143 bits per heavy atom. The third-order valence-corrected chi connectivity index (χ3v) is 23.6. The van der Waals surface area contributed by atoms with Crippen LogP contribution in [0.1, 0.15) is 183 Å². The lowest BCUT2D eigenvalue weighted by atomic mass is 9.97. The van der Waals surface area contributed by atoms with Gasteiger partial charge in [0.05, 0.1) is 0 Å². The smallest absolute Gasteiger partial charge is 0.167 e. The van der Waals surface area contributed by atoms with Crippen LogP contribution < -0.4 is 0 Å². The molecule has 0 unspecified atom stereocenters. The molecule has 646 valence electrons. The quantitative estimate of drug-likeness (QED) is 0.0324. The van der Waals surface area contributed by atoms with Crippen LogP contribution >= 0.6 is 0 Å². The molecule has 0 aliphatic carbocycles. The zero-order chi connectivity index (χ0) is 89.3. The van der Waals surface area contributed by atoms with Gasteiger partial charge in [-0.1, -0.05) is 411 Å². The van der Waals surface area contributed by atoms with Crippen molar-refractivity contribution in [3.63, 3.8) is 0 Å². The average molecular weight is 1680 g/mol. The molecule has 0 N–H and O–H groups in total. The molecule has 0 amide bonds. The zero-order valence-electron chi connectivity index (χ0n) is 75.2. The Bertz CT molecular complexity index is 5850. The molecule has 15 aromatic rings. The maximum absolute atomic E-state index is 14.7. The van der Waals surface area contributed by atoms with E-state index in [-0.39, 0.29) is 17.5 Å². The average Bonchev–Trinajstić information content (AvgIpc) is 0.794. The molecule has 15 rings (SSSR count). The highest BCUT2D eigenvalue weighted by Gasteiger charge is 2.20. The lowest BCUT2D eigenvalue weighted by molar-refractivity contribution is 0.514. The molecule has 0 aliphatic heterocycles. The number of halogens is 7. The minimum Gasteiger partial charge on any atom is -0.206 e. The summed E-state index contributed by atoms with van der Waals surface area (Å²) in [7, 11) is 0. The highest BCUT2D eigenvalue weighted by molar-refractivity contribution is 5.77. The number of benzene rings is 15. The maximum Gasteiger partial charge on any atom is 0.167 e. The molecule has 0 aliphatic rings. The first-order valence-corrected chi connectivity index (χ1v) is 45.7. The van der Waals surface area contributed by atoms with E-state index >= 15 is 0 Å². The topological polar surface area (TPSA) is 0 Å². The van der Waals surface area contributed by atoms with Crippen LogP contribution in [-0.4, -0.2) is 0 Å². The Morgan fingerprint density at radius 2 is 0.310 bits per heavy atom. The van der Waals surface area contributed by atoms with Gasteiger partial charge in [-0.15, -0.1) is 0 Å². The van der Waals surface area contributed by atoms with E-state index in [2.05, 4.69) is 178 Å². The predicted molar refractivity (Wildman–Crippen MR) is 522 cm³/mol. The van der Waals surface area contributed by atoms with Crippen LogP contribution in [0.4, 0.5) is 30.7 Å². The van der Waals surface area contributed by atoms with Crippen LogP contribution in [0.2, 0.25) is 0 Å². The lowest BCUT2D eigenvalue weighted by Crippen LogP contribution is -1.94. The van der Waals surface area contributed by atoms with Gasteiger partial charge in [0, 0.05) is 38.9 Å². The zero-order valence-corrected chi connectivity index (χ0v) is 75.2. The minimum atomic E-state index is -0.792. The Kier molecular flexibility index (Phi) is 36.2. The van der Waals surface area contributed by atoms with E-state index in [1.807, 2.05) is 170 Å². The summed E-state index contributed by atoms with van der Waals surface area (Å²) in [5.74, 6) is -3.67. The molecule has 0 radical (unpaired) electrons. The highest BCUT2D eigenvalue weighted by atomic mass is 19.2. The number of unbranched alkanes of at least 4 members (excludes halogenated alkanes) is 4. The highest BCUT2D eigenvalue weighted by Crippen LogP contribution is 2.37. The summed E-state index contributed by atoms with van der Waals surface area (Å²) in [5.41, 5.74) is 27.3. The molecule has 0 fully saturated rings. The molecule has 15 aromatic carbocycles. The van der Waals surface area contributed by atoms with Gasteiger partial charge >= 0.3 is 0 Å². The van der Waals surface area contributed by atoms with Crippen LogP contribution in [0.15, 0.2) is 322 Å². The maximum atomic E-state index is 14.7. The van der Waals surface area contributed by atoms with Gasteiger partial charge in [-0.25, -0.2) is 30.7 Å². The molecule has 7 heteroatoms. The number of aryl methyl sites for hydroxylation is 10. The van der Waals surface area contributed by atoms with E-state index in [1.165, 1.54) is 87.7 Å². The second kappa shape index (κ2) is 48.3. The second-order valence-electron chi connectivity index (χ2n) is 32.6. The fourth-order valence-corrected chi connectivity index (χ4v) is 15.6. The van der Waals surface area contributed by atoms with E-state index in [4.69, 9.17) is 0 Å². The molecule has 0 nitrogen and oxygen atoms in total. The number of rotatable bonds is 29. The fourth-order valence-electron chi connectivity index (χ4n) is 15.6. The normalized spacial score (nSPS) is 10.9. The van der Waals surface area contributed by atoms with Gasteiger partial charge in [-0.05, 0) is 230 Å². The van der Waals surface area contributed by atoms with Crippen molar-refractivity contribution in [1.29, 1.82) is 0 Å². The van der Waals surface area contributed by atoms with Crippen molar-refractivity contribution in [2.75, 3.05) is 0 Å². The van der Waals surface area contributed by atoms with Crippen LogP contribution in [0, 0.1) is 40.7 Å². The molecule has 0 bridgehead atoms. The summed E-state index contributed by atoms with van der Waals surface area (Å²) >= 11 is 0. The largest absolute Gasteiger partial charge is 0.206 e. The van der Waals surface area contributed by atoms with E-state index in [0.717, 1.165) is 140 Å². The predicted octanol–water partition coefficient (Wildman–Crippen LogP) is 35.2. The Hall–Kier alpha value is -12.2. The summed E-state index contributed by atoms with van der Waals surface area (Å²) in [5, 5.41) is 0. The third kappa shape index (κ3) is 26.0. The van der Waals surface area contributed by atoms with Crippen LogP contribution in [0.3, 0.4) is 0 Å². The first-order chi connectivity index (χ1) is 61.4. The minimum absolute atomic E-state index is 0.166. The van der Waals surface area contributed by atoms with Gasteiger partial charge in [0.15, 0.2) is 23.3 Å². The van der Waals surface area contributed by atoms with E-state index < -0.39 is 23.3 Å². The van der Waals surface area contributed by atoms with Gasteiger partial charge in [-0.3, -0.25) is 0 Å². The standard InChI is InChI=1S/C25H27F.C24H24F2.C24H25F.C23H22F2.C23H23F/c1-3-5-6-7-20-10-14-22(15-11-20)24-17-16-23(18-25(24)26)21-12-8-19(4-2)9-13-21;1-3-5-6-18-9-13-20(14-10-18)22-16-15-21(23(25)24(22)26)19-11-7-17(4-2)8-12-19;1-3-5-6-19-9-13-21(14-10-19)23-16-15-22(17-24(23)25)20-11-7-18(4-2)8-12-20;1-3-5-17-8-12-19(13-9-17)21-15-14-20(22(24)23(21)25)18-10-6-16(4-2)7-11-18;1-3-5-18-8-12-20(13-9-18)22-15-14-21(16-23(22)24)19-10-6-17(4-2)7-11-19/h8-18H,3-7H2,1-2H3;7-16H,3-6H2,1-2H3;7-17H,3-6H2,1-2H3;6-15H,3-5H2,1-2H3;6-16H,3-5H2,1-2H3. The Morgan fingerprint density at radius 3 is 0.500 bits per heavy atom. The molecule has 0 saturated carbocycles. The van der Waals surface area contributed by atoms with Crippen molar-refractivity contribution < 1.29 is 30.7 Å². The molecular formula is C119H121F7.